The molecule has 0 aromatic heterocycles. The van der Waals surface area contributed by atoms with Gasteiger partial charge in [0.1, 0.15) is 31.0 Å². The van der Waals surface area contributed by atoms with E-state index in [1.807, 2.05) is 6.08 Å². The number of allylic oxidation sites excluding steroid dienone is 1. The van der Waals surface area contributed by atoms with Crippen LogP contribution in [0.1, 0.15) is 96.8 Å². The topological polar surface area (TPSA) is 79.2 Å². The smallest absolute Gasteiger partial charge is 0.120 e. The second-order valence-corrected chi connectivity index (χ2v) is 8.16. The summed E-state index contributed by atoms with van der Waals surface area (Å²) in [5.41, 5.74) is 0. The summed E-state index contributed by atoms with van der Waals surface area (Å²) in [5.74, 6) is 0. The summed E-state index contributed by atoms with van der Waals surface area (Å²) in [6, 6.07) is 0. The molecule has 0 spiro atoms. The van der Waals surface area contributed by atoms with Crippen LogP contribution in [-0.4, -0.2) is 52.9 Å². The van der Waals surface area contributed by atoms with Crippen molar-refractivity contribution in [1.82, 2.24) is 0 Å². The first kappa shape index (κ1) is 25.4. The summed E-state index contributed by atoms with van der Waals surface area (Å²) in [6.45, 7) is 2.47. The second-order valence-electron chi connectivity index (χ2n) is 8.16. The van der Waals surface area contributed by atoms with E-state index < -0.39 is 24.4 Å². The summed E-state index contributed by atoms with van der Waals surface area (Å²) in [4.78, 5) is 0. The Morgan fingerprint density at radius 3 is 1.89 bits per heavy atom. The van der Waals surface area contributed by atoms with Gasteiger partial charge in [0.15, 0.2) is 0 Å². The van der Waals surface area contributed by atoms with Gasteiger partial charge in [0.25, 0.3) is 0 Å². The van der Waals surface area contributed by atoms with Crippen molar-refractivity contribution in [2.24, 2.45) is 0 Å². The van der Waals surface area contributed by atoms with Crippen LogP contribution in [0.5, 0.6) is 0 Å². The van der Waals surface area contributed by atoms with Crippen LogP contribution < -0.4 is 0 Å². The highest BCUT2D eigenvalue weighted by molar-refractivity contribution is 4.87. The third-order valence-electron chi connectivity index (χ3n) is 5.53. The molecule has 0 amide bonds. The number of unbranched alkanes of at least 4 members (excludes halogenated alkanes) is 13. The average Bonchev–Trinajstić information content (AvgIpc) is 2.70. The molecule has 3 N–H and O–H groups in total. The molecule has 0 radical (unpaired) electrons. The van der Waals surface area contributed by atoms with E-state index in [4.69, 9.17) is 9.47 Å². The highest BCUT2D eigenvalue weighted by atomic mass is 16.6. The molecule has 4 atom stereocenters. The maximum atomic E-state index is 9.80. The van der Waals surface area contributed by atoms with Gasteiger partial charge in [0.2, 0.25) is 0 Å². The first-order valence-electron chi connectivity index (χ1n) is 11.6. The highest BCUT2D eigenvalue weighted by Gasteiger charge is 2.37. The Labute approximate surface area is 172 Å². The Hall–Kier alpha value is -0.620. The van der Waals surface area contributed by atoms with Gasteiger partial charge in [-0.25, -0.2) is 0 Å². The van der Waals surface area contributed by atoms with E-state index in [0.29, 0.717) is 0 Å². The zero-order chi connectivity index (χ0) is 20.5. The van der Waals surface area contributed by atoms with Crippen LogP contribution in [-0.2, 0) is 9.47 Å². The quantitative estimate of drug-likeness (QED) is 0.248. The van der Waals surface area contributed by atoms with Gasteiger partial charge in [-0.3, -0.25) is 0 Å². The largest absolute Gasteiger partial charge is 0.499 e. The van der Waals surface area contributed by atoms with Crippen LogP contribution in [0, 0.1) is 0 Å². The standard InChI is InChI=1S/C23H44O5/c1-2-3-4-5-6-7-8-9-10-11-12-13-14-15-16-17-27-19-21-23(26)22(25)20(24)18-28-21/h16-17,20-26H,2-15,18-19H2,1H3/b17-16+/t20-,21+,22+,23+/m0/s1. The fraction of sp³-hybridized carbons (Fsp3) is 0.913. The van der Waals surface area contributed by atoms with E-state index in [0.717, 1.165) is 6.42 Å². The molecule has 0 aromatic rings. The van der Waals surface area contributed by atoms with Gasteiger partial charge in [-0.2, -0.15) is 0 Å². The maximum Gasteiger partial charge on any atom is 0.120 e. The predicted octanol–water partition coefficient (Wildman–Crippen LogP) is 4.48. The van der Waals surface area contributed by atoms with Crippen molar-refractivity contribution >= 4 is 0 Å². The molecule has 1 aliphatic heterocycles. The van der Waals surface area contributed by atoms with E-state index in [1.54, 1.807) is 6.26 Å². The number of aliphatic hydroxyl groups excluding tert-OH is 3. The molecular weight excluding hydrogens is 356 g/mol. The number of rotatable bonds is 17. The molecule has 0 bridgehead atoms. The van der Waals surface area contributed by atoms with Crippen molar-refractivity contribution in [3.05, 3.63) is 12.3 Å². The number of hydrogen-bond donors (Lipinski definition) is 3. The Bertz CT molecular complexity index is 374. The lowest BCUT2D eigenvalue weighted by Crippen LogP contribution is -2.54. The Balaban J connectivity index is 1.82. The van der Waals surface area contributed by atoms with Crippen LogP contribution in [0.4, 0.5) is 0 Å². The summed E-state index contributed by atoms with van der Waals surface area (Å²) in [6.07, 6.45) is 18.4. The predicted molar refractivity (Wildman–Crippen MR) is 113 cm³/mol. The Kier molecular flexibility index (Phi) is 15.7. The van der Waals surface area contributed by atoms with Crippen LogP contribution in [0.15, 0.2) is 12.3 Å². The van der Waals surface area contributed by atoms with Crippen LogP contribution >= 0.6 is 0 Å². The summed E-state index contributed by atoms with van der Waals surface area (Å²) in [7, 11) is 0. The second kappa shape index (κ2) is 17.3. The van der Waals surface area contributed by atoms with Gasteiger partial charge in [-0.05, 0) is 18.9 Å². The van der Waals surface area contributed by atoms with Crippen molar-refractivity contribution < 1.29 is 24.8 Å². The molecule has 1 heterocycles. The molecular formula is C23H44O5. The van der Waals surface area contributed by atoms with E-state index >= 15 is 0 Å². The molecule has 1 fully saturated rings. The molecule has 166 valence electrons. The average molecular weight is 401 g/mol. The minimum absolute atomic E-state index is 0.0227. The van der Waals surface area contributed by atoms with Gasteiger partial charge >= 0.3 is 0 Å². The molecule has 1 saturated heterocycles. The first-order chi connectivity index (χ1) is 13.7. The Morgan fingerprint density at radius 1 is 0.786 bits per heavy atom. The van der Waals surface area contributed by atoms with Crippen molar-refractivity contribution in [3.8, 4) is 0 Å². The lowest BCUT2D eigenvalue weighted by atomic mass is 10.0. The molecule has 5 nitrogen and oxygen atoms in total. The SMILES string of the molecule is CCCCCCCCCCCCCCC/C=C/OC[C@H]1OC[C@H](O)[C@@H](O)[C@@H]1O. The monoisotopic (exact) mass is 400 g/mol. The van der Waals surface area contributed by atoms with E-state index in [9.17, 15) is 15.3 Å². The van der Waals surface area contributed by atoms with Gasteiger partial charge in [0, 0.05) is 0 Å². The fourth-order valence-electron chi connectivity index (χ4n) is 3.58. The third-order valence-corrected chi connectivity index (χ3v) is 5.53. The van der Waals surface area contributed by atoms with Crippen molar-refractivity contribution in [2.75, 3.05) is 13.2 Å². The minimum Gasteiger partial charge on any atom is -0.499 e. The molecule has 28 heavy (non-hydrogen) atoms. The van der Waals surface area contributed by atoms with Gasteiger partial charge in [-0.1, -0.05) is 84.0 Å². The van der Waals surface area contributed by atoms with Crippen LogP contribution in [0.2, 0.25) is 0 Å². The van der Waals surface area contributed by atoms with Gasteiger partial charge < -0.3 is 24.8 Å². The zero-order valence-electron chi connectivity index (χ0n) is 17.9. The minimum atomic E-state index is -1.17. The lowest BCUT2D eigenvalue weighted by molar-refractivity contribution is -0.195. The van der Waals surface area contributed by atoms with E-state index in [-0.39, 0.29) is 13.2 Å². The molecule has 1 aliphatic rings. The summed E-state index contributed by atoms with van der Waals surface area (Å²) >= 11 is 0. The van der Waals surface area contributed by atoms with Gasteiger partial charge in [-0.15, -0.1) is 0 Å². The molecule has 5 heteroatoms. The third kappa shape index (κ3) is 12.1. The number of aliphatic hydroxyl groups is 3. The summed E-state index contributed by atoms with van der Waals surface area (Å²) in [5, 5.41) is 28.8. The first-order valence-corrected chi connectivity index (χ1v) is 11.6. The van der Waals surface area contributed by atoms with Crippen molar-refractivity contribution in [1.29, 1.82) is 0 Å². The Morgan fingerprint density at radius 2 is 1.32 bits per heavy atom. The molecule has 1 rings (SSSR count). The molecule has 0 saturated carbocycles. The summed E-state index contributed by atoms with van der Waals surface area (Å²) < 4.78 is 10.7. The van der Waals surface area contributed by atoms with Crippen molar-refractivity contribution in [3.63, 3.8) is 0 Å². The van der Waals surface area contributed by atoms with E-state index in [1.165, 1.54) is 83.5 Å². The zero-order valence-corrected chi connectivity index (χ0v) is 17.9. The molecule has 0 aromatic carbocycles. The van der Waals surface area contributed by atoms with Crippen molar-refractivity contribution in [2.45, 2.75) is 121 Å². The normalized spacial score (nSPS) is 25.4. The fourth-order valence-corrected chi connectivity index (χ4v) is 3.58. The molecule has 0 unspecified atom stereocenters. The van der Waals surface area contributed by atoms with Crippen LogP contribution in [0.3, 0.4) is 0 Å². The lowest BCUT2D eigenvalue weighted by Gasteiger charge is -2.34. The number of hydrogen-bond acceptors (Lipinski definition) is 5. The number of ether oxygens (including phenoxy) is 2. The highest BCUT2D eigenvalue weighted by Crippen LogP contribution is 2.16. The van der Waals surface area contributed by atoms with Gasteiger partial charge in [0.05, 0.1) is 12.9 Å². The molecule has 0 aliphatic carbocycles. The van der Waals surface area contributed by atoms with E-state index in [2.05, 4.69) is 6.92 Å². The maximum absolute atomic E-state index is 9.80. The van der Waals surface area contributed by atoms with Crippen LogP contribution in [0.25, 0.3) is 0 Å².